The molecule has 0 radical (unpaired) electrons. The first kappa shape index (κ1) is 12.0. The zero-order valence-corrected chi connectivity index (χ0v) is 10.2. The minimum absolute atomic E-state index is 0.0845. The summed E-state index contributed by atoms with van der Waals surface area (Å²) in [6.07, 6.45) is 1.89. The van der Waals surface area contributed by atoms with E-state index >= 15 is 0 Å². The van der Waals surface area contributed by atoms with E-state index < -0.39 is 5.41 Å². The molecule has 1 saturated carbocycles. The van der Waals surface area contributed by atoms with E-state index in [1.807, 2.05) is 0 Å². The van der Waals surface area contributed by atoms with Crippen LogP contribution in [0.5, 0.6) is 0 Å². The van der Waals surface area contributed by atoms with Crippen molar-refractivity contribution in [1.29, 1.82) is 0 Å². The molecule has 0 saturated heterocycles. The van der Waals surface area contributed by atoms with E-state index in [1.165, 1.54) is 7.11 Å². The second-order valence-corrected chi connectivity index (χ2v) is 4.82. The molecule has 2 aliphatic carbocycles. The Labute approximate surface area is 100 Å². The fourth-order valence-corrected chi connectivity index (χ4v) is 3.00. The lowest BCUT2D eigenvalue weighted by Crippen LogP contribution is -2.43. The molecule has 1 unspecified atom stereocenters. The van der Waals surface area contributed by atoms with Crippen molar-refractivity contribution in [3.05, 3.63) is 11.1 Å². The molecule has 0 bridgehead atoms. The molecule has 0 N–H and O–H groups in total. The van der Waals surface area contributed by atoms with Crippen LogP contribution >= 0.6 is 0 Å². The molecule has 0 amide bonds. The van der Waals surface area contributed by atoms with Gasteiger partial charge < -0.3 is 4.74 Å². The van der Waals surface area contributed by atoms with Gasteiger partial charge in [-0.05, 0) is 30.9 Å². The van der Waals surface area contributed by atoms with Crippen molar-refractivity contribution in [2.75, 3.05) is 7.11 Å². The van der Waals surface area contributed by atoms with Gasteiger partial charge >= 0.3 is 5.97 Å². The normalized spacial score (nSPS) is 29.1. The lowest BCUT2D eigenvalue weighted by Gasteiger charge is -2.40. The zero-order chi connectivity index (χ0) is 12.6. The molecule has 1 fully saturated rings. The molecule has 92 valence electrons. The summed E-state index contributed by atoms with van der Waals surface area (Å²) in [4.78, 5) is 35.3. The van der Waals surface area contributed by atoms with E-state index in [0.717, 1.165) is 5.57 Å². The van der Waals surface area contributed by atoms with Crippen molar-refractivity contribution in [1.82, 2.24) is 0 Å². The van der Waals surface area contributed by atoms with Gasteiger partial charge in [0, 0.05) is 19.3 Å². The number of esters is 1. The maximum atomic E-state index is 12.0. The van der Waals surface area contributed by atoms with Crippen LogP contribution in [0.1, 0.15) is 39.0 Å². The Hall–Kier alpha value is -1.45. The fraction of sp³-hybridized carbons (Fsp3) is 0.615. The number of carbonyl (C=O) groups excluding carboxylic acids is 3. The molecule has 4 heteroatoms. The van der Waals surface area contributed by atoms with Crippen LogP contribution in [0, 0.1) is 5.41 Å². The van der Waals surface area contributed by atoms with Crippen LogP contribution < -0.4 is 0 Å². The molecular formula is C13H16O4. The van der Waals surface area contributed by atoms with E-state index in [-0.39, 0.29) is 24.0 Å². The van der Waals surface area contributed by atoms with Crippen LogP contribution in [0.4, 0.5) is 0 Å². The van der Waals surface area contributed by atoms with Crippen LogP contribution in [0.15, 0.2) is 11.1 Å². The van der Waals surface area contributed by atoms with Crippen molar-refractivity contribution in [2.24, 2.45) is 5.41 Å². The highest BCUT2D eigenvalue weighted by molar-refractivity contribution is 6.02. The van der Waals surface area contributed by atoms with Gasteiger partial charge in [0.1, 0.15) is 5.78 Å². The summed E-state index contributed by atoms with van der Waals surface area (Å²) in [5.74, 6) is -0.192. The maximum Gasteiger partial charge on any atom is 0.316 e. The first-order valence-corrected chi connectivity index (χ1v) is 5.85. The molecule has 17 heavy (non-hydrogen) atoms. The van der Waals surface area contributed by atoms with Crippen LogP contribution in [0.25, 0.3) is 0 Å². The van der Waals surface area contributed by atoms with Gasteiger partial charge in [0.2, 0.25) is 0 Å². The number of carbonyl (C=O) groups is 3. The lowest BCUT2D eigenvalue weighted by atomic mass is 9.62. The number of rotatable bonds is 1. The predicted molar refractivity (Wildman–Crippen MR) is 60.2 cm³/mol. The Morgan fingerprint density at radius 1 is 1.24 bits per heavy atom. The molecule has 0 heterocycles. The topological polar surface area (TPSA) is 60.4 Å². The van der Waals surface area contributed by atoms with Gasteiger partial charge in [-0.15, -0.1) is 0 Å². The molecule has 0 aromatic rings. The summed E-state index contributed by atoms with van der Waals surface area (Å²) >= 11 is 0. The van der Waals surface area contributed by atoms with Gasteiger partial charge in [-0.3, -0.25) is 14.4 Å². The van der Waals surface area contributed by atoms with Crippen LogP contribution in [0.2, 0.25) is 0 Å². The molecule has 0 aliphatic heterocycles. The number of fused-ring (bicyclic) bond motifs is 1. The number of ketones is 2. The quantitative estimate of drug-likeness (QED) is 0.648. The minimum Gasteiger partial charge on any atom is -0.468 e. The molecular weight excluding hydrogens is 220 g/mol. The van der Waals surface area contributed by atoms with Crippen LogP contribution in [-0.4, -0.2) is 24.6 Å². The van der Waals surface area contributed by atoms with E-state index in [0.29, 0.717) is 31.3 Å². The Kier molecular flexibility index (Phi) is 2.89. The second-order valence-electron chi connectivity index (χ2n) is 4.82. The molecule has 1 atom stereocenters. The largest absolute Gasteiger partial charge is 0.468 e. The van der Waals surface area contributed by atoms with Gasteiger partial charge in [-0.25, -0.2) is 0 Å². The van der Waals surface area contributed by atoms with Crippen molar-refractivity contribution < 1.29 is 19.1 Å². The highest BCUT2D eigenvalue weighted by atomic mass is 16.5. The van der Waals surface area contributed by atoms with Crippen molar-refractivity contribution >= 4 is 17.5 Å². The van der Waals surface area contributed by atoms with E-state index in [1.54, 1.807) is 6.92 Å². The average molecular weight is 236 g/mol. The number of hydrogen-bond donors (Lipinski definition) is 0. The van der Waals surface area contributed by atoms with E-state index in [2.05, 4.69) is 0 Å². The third kappa shape index (κ3) is 1.72. The van der Waals surface area contributed by atoms with Gasteiger partial charge in [-0.1, -0.05) is 0 Å². The molecule has 0 aromatic carbocycles. The molecule has 0 spiro atoms. The SMILES string of the molecule is COC(=O)C12CCC(=O)C(C)=C1CCC(=O)C2. The average Bonchev–Trinajstić information content (AvgIpc) is 2.33. The third-order valence-electron chi connectivity index (χ3n) is 3.96. The third-order valence-corrected chi connectivity index (χ3v) is 3.96. The molecule has 2 aliphatic rings. The zero-order valence-electron chi connectivity index (χ0n) is 10.2. The monoisotopic (exact) mass is 236 g/mol. The fourth-order valence-electron chi connectivity index (χ4n) is 3.00. The van der Waals surface area contributed by atoms with Crippen molar-refractivity contribution in [2.45, 2.75) is 39.0 Å². The van der Waals surface area contributed by atoms with Gasteiger partial charge in [0.05, 0.1) is 12.5 Å². The summed E-state index contributed by atoms with van der Waals surface area (Å²) in [5, 5.41) is 0. The summed E-state index contributed by atoms with van der Waals surface area (Å²) in [5.41, 5.74) is 0.650. The predicted octanol–water partition coefficient (Wildman–Crippen LogP) is 1.58. The number of hydrogen-bond acceptors (Lipinski definition) is 4. The molecule has 0 aromatic heterocycles. The Morgan fingerprint density at radius 3 is 2.59 bits per heavy atom. The summed E-state index contributed by atoms with van der Waals surface area (Å²) < 4.78 is 4.85. The smallest absolute Gasteiger partial charge is 0.316 e. The van der Waals surface area contributed by atoms with Gasteiger partial charge in [0.15, 0.2) is 5.78 Å². The minimum atomic E-state index is -0.845. The van der Waals surface area contributed by atoms with Gasteiger partial charge in [-0.2, -0.15) is 0 Å². The molecule has 2 rings (SSSR count). The Morgan fingerprint density at radius 2 is 1.94 bits per heavy atom. The number of Topliss-reactive ketones (excluding diaryl/α,β-unsaturated/α-hetero) is 2. The van der Waals surface area contributed by atoms with E-state index in [4.69, 9.17) is 4.74 Å². The van der Waals surface area contributed by atoms with Gasteiger partial charge in [0.25, 0.3) is 0 Å². The Balaban J connectivity index is 2.52. The summed E-state index contributed by atoms with van der Waals surface area (Å²) in [6, 6.07) is 0. The lowest BCUT2D eigenvalue weighted by molar-refractivity contribution is -0.154. The standard InChI is InChI=1S/C13H16O4/c1-8-10-4-3-9(14)7-13(10,12(16)17-2)6-5-11(8)15/h3-7H2,1-2H3. The van der Waals surface area contributed by atoms with Crippen LogP contribution in [-0.2, 0) is 19.1 Å². The second kappa shape index (κ2) is 4.09. The maximum absolute atomic E-state index is 12.0. The number of allylic oxidation sites excluding steroid dienone is 1. The highest BCUT2D eigenvalue weighted by Crippen LogP contribution is 2.48. The van der Waals surface area contributed by atoms with Crippen molar-refractivity contribution in [3.63, 3.8) is 0 Å². The van der Waals surface area contributed by atoms with Crippen LogP contribution in [0.3, 0.4) is 0 Å². The number of ether oxygens (including phenoxy) is 1. The summed E-state index contributed by atoms with van der Waals surface area (Å²) in [6.45, 7) is 1.75. The highest BCUT2D eigenvalue weighted by Gasteiger charge is 2.50. The Bertz CT molecular complexity index is 433. The summed E-state index contributed by atoms with van der Waals surface area (Å²) in [7, 11) is 1.33. The molecule has 4 nitrogen and oxygen atoms in total. The first-order chi connectivity index (χ1) is 8.01. The first-order valence-electron chi connectivity index (χ1n) is 5.85. The van der Waals surface area contributed by atoms with Crippen molar-refractivity contribution in [3.8, 4) is 0 Å². The van der Waals surface area contributed by atoms with E-state index in [9.17, 15) is 14.4 Å². The number of methoxy groups -OCH3 is 1.